The number of carbonyl (C=O) groups excluding carboxylic acids is 1. The Morgan fingerprint density at radius 3 is 2.65 bits per heavy atom. The maximum Gasteiger partial charge on any atom is 0.410 e. The molecule has 1 aromatic heterocycles. The van der Waals surface area contributed by atoms with Crippen molar-refractivity contribution in [1.82, 2.24) is 14.8 Å². The third-order valence-corrected chi connectivity index (χ3v) is 5.85. The molecule has 1 fully saturated rings. The minimum absolute atomic E-state index is 0.0796. The van der Waals surface area contributed by atoms with Crippen molar-refractivity contribution in [3.05, 3.63) is 63.9 Å². The van der Waals surface area contributed by atoms with E-state index in [1.54, 1.807) is 11.1 Å². The van der Waals surface area contributed by atoms with Crippen LogP contribution in [0.4, 0.5) is 4.79 Å². The molecule has 1 atom stereocenters. The van der Waals surface area contributed by atoms with E-state index in [-0.39, 0.29) is 18.7 Å². The fourth-order valence-electron chi connectivity index (χ4n) is 4.23. The van der Waals surface area contributed by atoms with E-state index in [0.29, 0.717) is 31.2 Å². The second kappa shape index (κ2) is 8.61. The number of halogens is 1. The fraction of sp³-hybridized carbons (Fsp3) is 0.417. The number of rotatable bonds is 2. The average Bonchev–Trinajstić information content (AvgIpc) is 2.86. The van der Waals surface area contributed by atoms with E-state index in [1.807, 2.05) is 57.2 Å². The van der Waals surface area contributed by atoms with Gasteiger partial charge in [-0.05, 0) is 61.7 Å². The summed E-state index contributed by atoms with van der Waals surface area (Å²) in [4.78, 5) is 21.3. The van der Waals surface area contributed by atoms with Crippen molar-refractivity contribution in [3.63, 3.8) is 0 Å². The van der Waals surface area contributed by atoms with Crippen molar-refractivity contribution in [2.75, 3.05) is 32.8 Å². The number of pyridine rings is 1. The number of fused-ring (bicyclic) bond motifs is 2. The first-order valence-corrected chi connectivity index (χ1v) is 10.9. The average molecular weight is 442 g/mol. The van der Waals surface area contributed by atoms with E-state index in [2.05, 4.69) is 4.90 Å². The van der Waals surface area contributed by atoms with Gasteiger partial charge < -0.3 is 14.7 Å². The summed E-state index contributed by atoms with van der Waals surface area (Å²) in [5, 5.41) is 10.7. The van der Waals surface area contributed by atoms with Gasteiger partial charge in [0.05, 0.1) is 18.3 Å². The summed E-state index contributed by atoms with van der Waals surface area (Å²) in [6.07, 6.45) is 3.51. The zero-order chi connectivity index (χ0) is 22.2. The first kappa shape index (κ1) is 21.8. The molecule has 6 nitrogen and oxygen atoms in total. The molecular formula is C24H28ClN3O3. The summed E-state index contributed by atoms with van der Waals surface area (Å²) in [6.45, 7) is 8.10. The van der Waals surface area contributed by atoms with Crippen LogP contribution in [0.25, 0.3) is 11.6 Å². The summed E-state index contributed by atoms with van der Waals surface area (Å²) in [5.74, 6) is 0. The molecule has 1 aliphatic carbocycles. The van der Waals surface area contributed by atoms with Crippen molar-refractivity contribution >= 4 is 29.3 Å². The largest absolute Gasteiger partial charge is 0.444 e. The van der Waals surface area contributed by atoms with E-state index in [4.69, 9.17) is 21.3 Å². The molecule has 0 bridgehead atoms. The maximum atomic E-state index is 12.5. The molecule has 2 heterocycles. The smallest absolute Gasteiger partial charge is 0.410 e. The number of piperazine rings is 1. The zero-order valence-electron chi connectivity index (χ0n) is 18.1. The number of aliphatic hydroxyl groups is 1. The lowest BCUT2D eigenvalue weighted by molar-refractivity contribution is 0.0118. The molecule has 2 aromatic rings. The van der Waals surface area contributed by atoms with Crippen molar-refractivity contribution in [2.45, 2.75) is 32.4 Å². The summed E-state index contributed by atoms with van der Waals surface area (Å²) < 4.78 is 5.54. The maximum absolute atomic E-state index is 12.5. The van der Waals surface area contributed by atoms with E-state index in [1.165, 1.54) is 0 Å². The van der Waals surface area contributed by atoms with Crippen LogP contribution in [0.5, 0.6) is 0 Å². The molecule has 1 N–H and O–H groups in total. The molecule has 0 spiro atoms. The monoisotopic (exact) mass is 441 g/mol. The number of carbonyl (C=O) groups is 1. The lowest BCUT2D eigenvalue weighted by Crippen LogP contribution is -2.51. The first-order chi connectivity index (χ1) is 14.8. The quantitative estimate of drug-likeness (QED) is 0.755. The van der Waals surface area contributed by atoms with Gasteiger partial charge in [0.1, 0.15) is 5.60 Å². The molecular weight excluding hydrogens is 414 g/mol. The van der Waals surface area contributed by atoms with Gasteiger partial charge in [-0.2, -0.15) is 0 Å². The van der Waals surface area contributed by atoms with Crippen LogP contribution < -0.4 is 0 Å². The highest BCUT2D eigenvalue weighted by Gasteiger charge is 2.34. The Bertz CT molecular complexity index is 1010. The third-order valence-electron chi connectivity index (χ3n) is 5.62. The molecule has 7 heteroatoms. The van der Waals surface area contributed by atoms with E-state index in [0.717, 1.165) is 28.0 Å². The minimum atomic E-state index is -0.511. The van der Waals surface area contributed by atoms with Crippen molar-refractivity contribution in [3.8, 4) is 0 Å². The highest BCUT2D eigenvalue weighted by Crippen LogP contribution is 2.39. The van der Waals surface area contributed by atoms with Gasteiger partial charge in [-0.15, -0.1) is 0 Å². The summed E-state index contributed by atoms with van der Waals surface area (Å²) in [5.41, 5.74) is 4.24. The topological polar surface area (TPSA) is 65.9 Å². The van der Waals surface area contributed by atoms with Crippen LogP contribution in [0.2, 0.25) is 5.02 Å². The Balaban J connectivity index is 1.66. The third kappa shape index (κ3) is 4.61. The van der Waals surface area contributed by atoms with Crippen molar-refractivity contribution in [2.24, 2.45) is 0 Å². The standard InChI is InChI=1S/C24H28ClN3O3/c1-24(2,3)31-23(30)28-11-9-27(10-12-28)22-20-7-6-18(25)14-16(20)13-17(15-29)19-5-4-8-26-21(19)22/h4-8,13-14,22,29H,9-12,15H2,1-3H3/t22-/m0/s1. The molecule has 0 saturated carbocycles. The molecule has 0 unspecified atom stereocenters. The number of ether oxygens (including phenoxy) is 1. The van der Waals surface area contributed by atoms with Crippen LogP contribution in [0.1, 0.15) is 49.2 Å². The molecule has 31 heavy (non-hydrogen) atoms. The molecule has 2 aliphatic rings. The Kier molecular flexibility index (Phi) is 6.06. The van der Waals surface area contributed by atoms with Gasteiger partial charge in [0.2, 0.25) is 0 Å². The van der Waals surface area contributed by atoms with Gasteiger partial charge in [0.15, 0.2) is 0 Å². The molecule has 0 radical (unpaired) electrons. The molecule has 1 aliphatic heterocycles. The van der Waals surface area contributed by atoms with Crippen LogP contribution >= 0.6 is 11.6 Å². The highest BCUT2D eigenvalue weighted by molar-refractivity contribution is 6.30. The number of benzene rings is 1. The first-order valence-electron chi connectivity index (χ1n) is 10.5. The SMILES string of the molecule is CC(C)(C)OC(=O)N1CCN([C@H]2c3ccc(Cl)cc3C=C(CO)c3cccnc32)CC1. The summed E-state index contributed by atoms with van der Waals surface area (Å²) >= 11 is 6.29. The van der Waals surface area contributed by atoms with Crippen molar-refractivity contribution < 1.29 is 14.6 Å². The number of hydrogen-bond donors (Lipinski definition) is 1. The Labute approximate surface area is 188 Å². The van der Waals surface area contributed by atoms with Crippen LogP contribution in [0.3, 0.4) is 0 Å². The number of amides is 1. The number of hydrogen-bond acceptors (Lipinski definition) is 5. The van der Waals surface area contributed by atoms with Crippen LogP contribution in [0, 0.1) is 0 Å². The lowest BCUT2D eigenvalue weighted by atomic mass is 9.95. The van der Waals surface area contributed by atoms with Gasteiger partial charge in [-0.1, -0.05) is 23.7 Å². The summed E-state index contributed by atoms with van der Waals surface area (Å²) in [7, 11) is 0. The van der Waals surface area contributed by atoms with E-state index in [9.17, 15) is 9.90 Å². The predicted octanol–water partition coefficient (Wildman–Crippen LogP) is 4.22. The Morgan fingerprint density at radius 2 is 1.97 bits per heavy atom. The van der Waals surface area contributed by atoms with Gasteiger partial charge >= 0.3 is 6.09 Å². The van der Waals surface area contributed by atoms with Crippen LogP contribution in [-0.4, -0.2) is 64.4 Å². The zero-order valence-corrected chi connectivity index (χ0v) is 18.9. The molecule has 1 amide bonds. The normalized spacial score (nSPS) is 19.2. The van der Waals surface area contributed by atoms with Gasteiger partial charge in [0.25, 0.3) is 0 Å². The van der Waals surface area contributed by atoms with Gasteiger partial charge in [-0.25, -0.2) is 4.79 Å². The predicted molar refractivity (Wildman–Crippen MR) is 122 cm³/mol. The number of aromatic nitrogens is 1. The van der Waals surface area contributed by atoms with E-state index < -0.39 is 5.60 Å². The molecule has 1 saturated heterocycles. The summed E-state index contributed by atoms with van der Waals surface area (Å²) in [6, 6.07) is 9.67. The van der Waals surface area contributed by atoms with Crippen LogP contribution in [-0.2, 0) is 4.74 Å². The Hall–Kier alpha value is -2.41. The second-order valence-electron chi connectivity index (χ2n) is 8.94. The van der Waals surface area contributed by atoms with Crippen molar-refractivity contribution in [1.29, 1.82) is 0 Å². The van der Waals surface area contributed by atoms with Crippen LogP contribution in [0.15, 0.2) is 36.5 Å². The number of aliphatic hydroxyl groups excluding tert-OH is 1. The molecule has 1 aromatic carbocycles. The molecule has 164 valence electrons. The lowest BCUT2D eigenvalue weighted by Gasteiger charge is -2.40. The second-order valence-corrected chi connectivity index (χ2v) is 9.38. The minimum Gasteiger partial charge on any atom is -0.444 e. The Morgan fingerprint density at radius 1 is 1.23 bits per heavy atom. The number of nitrogens with zero attached hydrogens (tertiary/aromatic N) is 3. The fourth-order valence-corrected chi connectivity index (χ4v) is 4.41. The molecule has 4 rings (SSSR count). The van der Waals surface area contributed by atoms with Gasteiger partial charge in [-0.3, -0.25) is 9.88 Å². The van der Waals surface area contributed by atoms with Gasteiger partial charge in [0, 0.05) is 43.0 Å². The van der Waals surface area contributed by atoms with E-state index >= 15 is 0 Å². The highest BCUT2D eigenvalue weighted by atomic mass is 35.5.